The third-order valence-corrected chi connectivity index (χ3v) is 4.32. The van der Waals surface area contributed by atoms with Crippen LogP contribution < -0.4 is 4.46 Å². The van der Waals surface area contributed by atoms with Crippen LogP contribution in [0.3, 0.4) is 0 Å². The number of rotatable bonds is 2. The molecule has 0 unspecified atom stereocenters. The maximum atomic E-state index is 3.40. The third-order valence-electron chi connectivity index (χ3n) is 1.52. The van der Waals surface area contributed by atoms with Crippen LogP contribution in [0.1, 0.15) is 0 Å². The van der Waals surface area contributed by atoms with Crippen molar-refractivity contribution < 1.29 is 0 Å². The molecule has 0 radical (unpaired) electrons. The van der Waals surface area contributed by atoms with E-state index in [2.05, 4.69) is 61.4 Å². The van der Waals surface area contributed by atoms with Gasteiger partial charge in [-0.25, -0.2) is 0 Å². The zero-order valence-electron chi connectivity index (χ0n) is 9.00. The van der Waals surface area contributed by atoms with Crippen molar-refractivity contribution in [1.29, 1.82) is 0 Å². The van der Waals surface area contributed by atoms with Gasteiger partial charge in [0.2, 0.25) is 0 Å². The molecule has 0 heterocycles. The molecule has 0 nitrogen and oxygen atoms in total. The molecule has 0 aliphatic heterocycles. The van der Waals surface area contributed by atoms with E-state index >= 15 is 0 Å². The summed E-state index contributed by atoms with van der Waals surface area (Å²) in [6, 6.07) is 10.6. The SMILES string of the molecule is C[Si](C)(C)C#CC[Se]c1ccccc1. The van der Waals surface area contributed by atoms with Crippen LogP contribution in [0.2, 0.25) is 25.0 Å². The minimum atomic E-state index is -1.15. The van der Waals surface area contributed by atoms with Crippen molar-refractivity contribution in [1.82, 2.24) is 0 Å². The first kappa shape index (κ1) is 11.6. The predicted molar refractivity (Wildman–Crippen MR) is 67.8 cm³/mol. The molecule has 0 aromatic heterocycles. The summed E-state index contributed by atoms with van der Waals surface area (Å²) in [7, 11) is -1.15. The van der Waals surface area contributed by atoms with Gasteiger partial charge in [-0.15, -0.1) is 0 Å². The summed E-state index contributed by atoms with van der Waals surface area (Å²) < 4.78 is 1.45. The maximum absolute atomic E-state index is 3.40. The minimum absolute atomic E-state index is 0.536. The molecule has 0 bridgehead atoms. The quantitative estimate of drug-likeness (QED) is 0.570. The second-order valence-electron chi connectivity index (χ2n) is 4.15. The van der Waals surface area contributed by atoms with Crippen molar-refractivity contribution >= 4 is 27.5 Å². The third kappa shape index (κ3) is 5.29. The second kappa shape index (κ2) is 5.41. The molecule has 1 aromatic rings. The topological polar surface area (TPSA) is 0 Å². The van der Waals surface area contributed by atoms with E-state index in [1.165, 1.54) is 4.46 Å². The van der Waals surface area contributed by atoms with Crippen molar-refractivity contribution in [2.45, 2.75) is 25.0 Å². The summed E-state index contributed by atoms with van der Waals surface area (Å²) in [5, 5.41) is 1.06. The predicted octanol–water partition coefficient (Wildman–Crippen LogP) is 2.32. The van der Waals surface area contributed by atoms with Crippen LogP contribution in [0.25, 0.3) is 0 Å². The first-order valence-corrected chi connectivity index (χ1v) is 10.3. The molecular formula is C12H16SeSi. The average molecular weight is 267 g/mol. The monoisotopic (exact) mass is 268 g/mol. The Hall–Kier alpha value is -0.484. The van der Waals surface area contributed by atoms with Crippen LogP contribution in [0.4, 0.5) is 0 Å². The first-order valence-electron chi connectivity index (χ1n) is 4.76. The summed E-state index contributed by atoms with van der Waals surface area (Å²) in [5.41, 5.74) is 3.40. The Morgan fingerprint density at radius 1 is 1.14 bits per heavy atom. The molecule has 2 heteroatoms. The summed E-state index contributed by atoms with van der Waals surface area (Å²) >= 11 is 0.536. The van der Waals surface area contributed by atoms with Crippen molar-refractivity contribution in [2.75, 3.05) is 0 Å². The van der Waals surface area contributed by atoms with E-state index in [0.29, 0.717) is 15.0 Å². The van der Waals surface area contributed by atoms with Crippen molar-refractivity contribution in [3.8, 4) is 11.5 Å². The summed E-state index contributed by atoms with van der Waals surface area (Å²) in [6.45, 7) is 6.86. The zero-order valence-corrected chi connectivity index (χ0v) is 11.7. The molecule has 0 saturated carbocycles. The van der Waals surface area contributed by atoms with Crippen LogP contribution in [0.15, 0.2) is 30.3 Å². The number of benzene rings is 1. The molecule has 0 aliphatic rings. The summed E-state index contributed by atoms with van der Waals surface area (Å²) in [5.74, 6) is 3.31. The molecule has 74 valence electrons. The van der Waals surface area contributed by atoms with Crippen LogP contribution in [-0.2, 0) is 0 Å². The van der Waals surface area contributed by atoms with E-state index in [-0.39, 0.29) is 0 Å². The van der Waals surface area contributed by atoms with Crippen LogP contribution in [-0.4, -0.2) is 23.0 Å². The normalized spacial score (nSPS) is 10.5. The Morgan fingerprint density at radius 3 is 2.36 bits per heavy atom. The molecule has 0 fully saturated rings. The summed E-state index contributed by atoms with van der Waals surface area (Å²) in [4.78, 5) is 0. The van der Waals surface area contributed by atoms with Crippen LogP contribution >= 0.6 is 0 Å². The molecular weight excluding hydrogens is 251 g/mol. The van der Waals surface area contributed by atoms with Gasteiger partial charge < -0.3 is 0 Å². The van der Waals surface area contributed by atoms with Crippen LogP contribution in [0, 0.1) is 11.5 Å². The summed E-state index contributed by atoms with van der Waals surface area (Å²) in [6.07, 6.45) is 0. The van der Waals surface area contributed by atoms with Crippen molar-refractivity contribution in [3.63, 3.8) is 0 Å². The van der Waals surface area contributed by atoms with E-state index in [9.17, 15) is 0 Å². The Kier molecular flexibility index (Phi) is 4.48. The standard InChI is InChI=1S/C12H16SeSi/c1-14(2,3)11-7-10-13-12-8-5-4-6-9-12/h4-6,8-9H,10H2,1-3H3. The first-order chi connectivity index (χ1) is 6.58. The second-order valence-corrected chi connectivity index (χ2v) is 11.1. The Labute approximate surface area is 94.3 Å². The zero-order chi connectivity index (χ0) is 10.4. The van der Waals surface area contributed by atoms with Crippen molar-refractivity contribution in [2.24, 2.45) is 0 Å². The van der Waals surface area contributed by atoms with Gasteiger partial charge >= 0.3 is 94.2 Å². The van der Waals surface area contributed by atoms with Gasteiger partial charge in [0, 0.05) is 0 Å². The molecule has 1 aromatic carbocycles. The fourth-order valence-corrected chi connectivity index (χ4v) is 3.23. The molecule has 0 saturated heterocycles. The molecule has 0 amide bonds. The Balaban J connectivity index is 2.39. The Morgan fingerprint density at radius 2 is 1.79 bits per heavy atom. The molecule has 0 spiro atoms. The van der Waals surface area contributed by atoms with Gasteiger partial charge in [0.1, 0.15) is 0 Å². The molecule has 1 rings (SSSR count). The van der Waals surface area contributed by atoms with Gasteiger partial charge in [-0.05, 0) is 0 Å². The van der Waals surface area contributed by atoms with E-state index in [1.807, 2.05) is 0 Å². The molecule has 14 heavy (non-hydrogen) atoms. The van der Waals surface area contributed by atoms with Gasteiger partial charge in [0.15, 0.2) is 0 Å². The fraction of sp³-hybridized carbons (Fsp3) is 0.333. The van der Waals surface area contributed by atoms with E-state index < -0.39 is 8.07 Å². The number of hydrogen-bond donors (Lipinski definition) is 0. The molecule has 0 aliphatic carbocycles. The van der Waals surface area contributed by atoms with E-state index in [0.717, 1.165) is 5.32 Å². The van der Waals surface area contributed by atoms with Gasteiger partial charge in [0.05, 0.1) is 0 Å². The van der Waals surface area contributed by atoms with E-state index in [1.54, 1.807) is 0 Å². The Bertz CT molecular complexity index is 327. The van der Waals surface area contributed by atoms with Crippen molar-refractivity contribution in [3.05, 3.63) is 30.3 Å². The van der Waals surface area contributed by atoms with Gasteiger partial charge in [-0.3, -0.25) is 0 Å². The van der Waals surface area contributed by atoms with Gasteiger partial charge in [-0.1, -0.05) is 0 Å². The van der Waals surface area contributed by atoms with E-state index in [4.69, 9.17) is 0 Å². The fourth-order valence-electron chi connectivity index (χ4n) is 0.937. The molecule has 0 N–H and O–H groups in total. The number of hydrogen-bond acceptors (Lipinski definition) is 0. The molecule has 0 atom stereocenters. The van der Waals surface area contributed by atoms with Crippen LogP contribution in [0.5, 0.6) is 0 Å². The van der Waals surface area contributed by atoms with Gasteiger partial charge in [-0.2, -0.15) is 0 Å². The van der Waals surface area contributed by atoms with Gasteiger partial charge in [0.25, 0.3) is 0 Å². The average Bonchev–Trinajstić information content (AvgIpc) is 2.13.